The lowest BCUT2D eigenvalue weighted by Gasteiger charge is -2.28. The van der Waals surface area contributed by atoms with E-state index in [9.17, 15) is 0 Å². The zero-order chi connectivity index (χ0) is 28.6. The number of fused-ring (bicyclic) bond motifs is 2. The number of nitrogens with one attached hydrogen (secondary N) is 1. The molecule has 0 unspecified atom stereocenters. The first-order valence-corrected chi connectivity index (χ1v) is 12.3. The van der Waals surface area contributed by atoms with Crippen LogP contribution in [0.5, 0.6) is 0 Å². The van der Waals surface area contributed by atoms with E-state index in [1.807, 2.05) is 0 Å². The van der Waals surface area contributed by atoms with E-state index in [0.717, 1.165) is 58.9 Å². The number of para-hydroxylation sites is 2. The molecule has 4 rings (SSSR count). The number of carboxylic acid groups (broad SMARTS) is 4. The molecule has 0 aliphatic carbocycles. The molecule has 0 aromatic heterocycles. The van der Waals surface area contributed by atoms with Gasteiger partial charge < -0.3 is 35.4 Å². The quantitative estimate of drug-likeness (QED) is 0.254. The van der Waals surface area contributed by atoms with Crippen LogP contribution in [0.15, 0.2) is 48.5 Å². The summed E-state index contributed by atoms with van der Waals surface area (Å²) < 4.78 is 5.41. The molecule has 2 aliphatic heterocycles. The number of benzene rings is 2. The molecule has 0 radical (unpaired) electrons. The van der Waals surface area contributed by atoms with Crippen LogP contribution in [-0.4, -0.2) is 102 Å². The number of aliphatic carboxylic acids is 4. The summed E-state index contributed by atoms with van der Waals surface area (Å²) in [6.45, 7) is 8.10. The highest BCUT2D eigenvalue weighted by Crippen LogP contribution is 2.35. The molecule has 210 valence electrons. The maximum Gasteiger partial charge on any atom is 0.414 e. The van der Waals surface area contributed by atoms with E-state index in [1.54, 1.807) is 0 Å². The number of nitrogens with zero attached hydrogens (tertiary/aromatic N) is 2. The zero-order valence-electron chi connectivity index (χ0n) is 21.4. The number of carboxylic acids is 4. The molecule has 0 saturated carbocycles. The average Bonchev–Trinajstić information content (AvgIpc) is 3.09. The Kier molecular flexibility index (Phi) is 13.1. The second kappa shape index (κ2) is 16.6. The minimum Gasteiger partial charge on any atom is -0.473 e. The molecule has 12 heteroatoms. The van der Waals surface area contributed by atoms with Gasteiger partial charge in [0.25, 0.3) is 0 Å². The lowest BCUT2D eigenvalue weighted by molar-refractivity contribution is -0.159. The average molecular weight is 544 g/mol. The van der Waals surface area contributed by atoms with Crippen molar-refractivity contribution in [3.8, 4) is 0 Å². The van der Waals surface area contributed by atoms with E-state index >= 15 is 0 Å². The molecule has 1 saturated heterocycles. The first kappa shape index (κ1) is 31.0. The Morgan fingerprint density at radius 1 is 0.692 bits per heavy atom. The highest BCUT2D eigenvalue weighted by Gasteiger charge is 2.17. The van der Waals surface area contributed by atoms with Crippen LogP contribution in [0, 0.1) is 0 Å². The van der Waals surface area contributed by atoms with Crippen LogP contribution in [0.4, 0.5) is 11.4 Å². The van der Waals surface area contributed by atoms with Crippen molar-refractivity contribution in [1.29, 1.82) is 0 Å². The van der Waals surface area contributed by atoms with Gasteiger partial charge in [-0.15, -0.1) is 0 Å². The Morgan fingerprint density at radius 3 is 1.62 bits per heavy atom. The van der Waals surface area contributed by atoms with E-state index in [2.05, 4.69) is 75.8 Å². The summed E-state index contributed by atoms with van der Waals surface area (Å²) in [6, 6.07) is 17.4. The summed E-state index contributed by atoms with van der Waals surface area (Å²) in [5.41, 5.74) is 5.17. The molecular weight excluding hydrogens is 510 g/mol. The Morgan fingerprint density at radius 2 is 1.15 bits per heavy atom. The number of ether oxygens (including phenoxy) is 1. The Hall–Kier alpha value is -4.26. The SMILES string of the molecule is C1=Cc2ccccc2N(CCCNCCN2CCOCC2)c2ccccc21.O=C(O)C(=O)O.O=C(O)C(=O)O. The van der Waals surface area contributed by atoms with Crippen molar-refractivity contribution in [2.24, 2.45) is 0 Å². The van der Waals surface area contributed by atoms with Crippen LogP contribution < -0.4 is 10.2 Å². The predicted octanol–water partition coefficient (Wildman–Crippen LogP) is 1.93. The standard InChI is InChI=1S/C23H29N3O.2C2H2O4/c1-3-8-22-20(6-1)10-11-21-7-2-4-9-23(21)26(22)14-5-12-24-13-15-25-16-18-27-19-17-25;2*3-1(4)2(5)6/h1-4,6-11,24H,5,12-19H2;2*(H,3,4)(H,5,6). The fourth-order valence-electron chi connectivity index (χ4n) is 3.85. The lowest BCUT2D eigenvalue weighted by atomic mass is 10.1. The Balaban J connectivity index is 0.000000374. The molecule has 0 bridgehead atoms. The number of hydrogen-bond donors (Lipinski definition) is 5. The van der Waals surface area contributed by atoms with Crippen LogP contribution in [0.3, 0.4) is 0 Å². The summed E-state index contributed by atoms with van der Waals surface area (Å²) in [7, 11) is 0. The van der Waals surface area contributed by atoms with Gasteiger partial charge in [0, 0.05) is 44.1 Å². The van der Waals surface area contributed by atoms with Gasteiger partial charge in [0.05, 0.1) is 13.2 Å². The highest BCUT2D eigenvalue weighted by molar-refractivity contribution is 6.27. The number of hydrogen-bond acceptors (Lipinski definition) is 8. The van der Waals surface area contributed by atoms with Gasteiger partial charge >= 0.3 is 23.9 Å². The highest BCUT2D eigenvalue weighted by atomic mass is 16.5. The largest absolute Gasteiger partial charge is 0.473 e. The monoisotopic (exact) mass is 543 g/mol. The van der Waals surface area contributed by atoms with E-state index in [1.165, 1.54) is 22.5 Å². The van der Waals surface area contributed by atoms with Gasteiger partial charge in [0.2, 0.25) is 0 Å². The van der Waals surface area contributed by atoms with Crippen LogP contribution in [0.2, 0.25) is 0 Å². The smallest absolute Gasteiger partial charge is 0.414 e. The van der Waals surface area contributed by atoms with E-state index < -0.39 is 23.9 Å². The van der Waals surface area contributed by atoms with Gasteiger partial charge in [-0.1, -0.05) is 48.6 Å². The molecule has 12 nitrogen and oxygen atoms in total. The number of morpholine rings is 1. The third-order valence-electron chi connectivity index (χ3n) is 5.71. The van der Waals surface area contributed by atoms with Gasteiger partial charge in [-0.05, 0) is 36.2 Å². The predicted molar refractivity (Wildman–Crippen MR) is 144 cm³/mol. The Bertz CT molecular complexity index is 1050. The van der Waals surface area contributed by atoms with Crippen LogP contribution in [0.1, 0.15) is 17.5 Å². The molecule has 0 amide bonds. The third kappa shape index (κ3) is 10.9. The molecule has 5 N–H and O–H groups in total. The van der Waals surface area contributed by atoms with Crippen LogP contribution >= 0.6 is 0 Å². The fourth-order valence-corrected chi connectivity index (χ4v) is 3.85. The summed E-state index contributed by atoms with van der Waals surface area (Å²) in [6.07, 6.45) is 5.58. The minimum absolute atomic E-state index is 0.877. The molecular formula is C27H33N3O9. The van der Waals surface area contributed by atoms with Crippen molar-refractivity contribution in [2.75, 3.05) is 57.4 Å². The normalized spacial score (nSPS) is 13.8. The van der Waals surface area contributed by atoms with Crippen molar-refractivity contribution in [3.05, 3.63) is 59.7 Å². The van der Waals surface area contributed by atoms with Gasteiger partial charge in [0.15, 0.2) is 0 Å². The molecule has 2 aliphatic rings. The lowest BCUT2D eigenvalue weighted by Crippen LogP contribution is -2.40. The molecule has 2 aromatic carbocycles. The van der Waals surface area contributed by atoms with Crippen molar-refractivity contribution < 1.29 is 44.3 Å². The summed E-state index contributed by atoms with van der Waals surface area (Å²) in [5.74, 6) is -7.30. The molecule has 0 atom stereocenters. The first-order chi connectivity index (χ1) is 18.7. The van der Waals surface area contributed by atoms with Crippen molar-refractivity contribution in [3.63, 3.8) is 0 Å². The number of carbonyl (C=O) groups is 4. The molecule has 1 fully saturated rings. The number of rotatable bonds is 7. The maximum absolute atomic E-state index is 9.10. The number of anilines is 2. The van der Waals surface area contributed by atoms with Crippen molar-refractivity contribution in [2.45, 2.75) is 6.42 Å². The fraction of sp³-hybridized carbons (Fsp3) is 0.333. The van der Waals surface area contributed by atoms with Crippen molar-refractivity contribution in [1.82, 2.24) is 10.2 Å². The van der Waals surface area contributed by atoms with E-state index in [4.69, 9.17) is 44.3 Å². The van der Waals surface area contributed by atoms with Gasteiger partial charge in [-0.25, -0.2) is 19.2 Å². The molecule has 2 aromatic rings. The topological polar surface area (TPSA) is 177 Å². The van der Waals surface area contributed by atoms with Crippen molar-refractivity contribution >= 4 is 47.4 Å². The summed E-state index contributed by atoms with van der Waals surface area (Å²) >= 11 is 0. The van der Waals surface area contributed by atoms with Crippen LogP contribution in [-0.2, 0) is 23.9 Å². The minimum atomic E-state index is -1.82. The molecule has 0 spiro atoms. The zero-order valence-corrected chi connectivity index (χ0v) is 21.4. The van der Waals surface area contributed by atoms with Gasteiger partial charge in [-0.3, -0.25) is 4.90 Å². The molecule has 2 heterocycles. The van der Waals surface area contributed by atoms with Gasteiger partial charge in [-0.2, -0.15) is 0 Å². The third-order valence-corrected chi connectivity index (χ3v) is 5.71. The maximum atomic E-state index is 9.10. The van der Waals surface area contributed by atoms with Gasteiger partial charge in [0.1, 0.15) is 0 Å². The Labute approximate surface area is 225 Å². The van der Waals surface area contributed by atoms with Crippen LogP contribution in [0.25, 0.3) is 12.2 Å². The first-order valence-electron chi connectivity index (χ1n) is 12.3. The summed E-state index contributed by atoms with van der Waals surface area (Å²) in [5, 5.41) is 33.2. The second-order valence-electron chi connectivity index (χ2n) is 8.38. The van der Waals surface area contributed by atoms with E-state index in [-0.39, 0.29) is 0 Å². The van der Waals surface area contributed by atoms with E-state index in [0.29, 0.717) is 0 Å². The molecule has 39 heavy (non-hydrogen) atoms. The summed E-state index contributed by atoms with van der Waals surface area (Å²) in [4.78, 5) is 41.3. The second-order valence-corrected chi connectivity index (χ2v) is 8.38.